The van der Waals surface area contributed by atoms with Crippen LogP contribution in [0.4, 0.5) is 0 Å². The lowest BCUT2D eigenvalue weighted by Gasteiger charge is -2.65. The monoisotopic (exact) mass is 262 g/mol. The van der Waals surface area contributed by atoms with Crippen LogP contribution in [0.15, 0.2) is 12.2 Å². The maximum atomic E-state index is 11.7. The molecule has 4 aliphatic carbocycles. The van der Waals surface area contributed by atoms with Crippen LogP contribution in [0.1, 0.15) is 59.3 Å². The van der Waals surface area contributed by atoms with Crippen LogP contribution in [0, 0.1) is 22.2 Å². The molecule has 19 heavy (non-hydrogen) atoms. The number of hydrogen-bond acceptors (Lipinski definition) is 2. The zero-order valence-corrected chi connectivity index (χ0v) is 12.6. The predicted molar refractivity (Wildman–Crippen MR) is 75.6 cm³/mol. The Hall–Kier alpha value is -0.790. The molecule has 0 spiro atoms. The smallest absolute Gasteiger partial charge is 0.333 e. The van der Waals surface area contributed by atoms with Gasteiger partial charge in [-0.1, -0.05) is 20.4 Å². The maximum absolute atomic E-state index is 11.7. The highest BCUT2D eigenvalue weighted by molar-refractivity contribution is 5.86. The van der Waals surface area contributed by atoms with Gasteiger partial charge in [0.1, 0.15) is 0 Å². The largest absolute Gasteiger partial charge is 0.462 e. The molecule has 4 fully saturated rings. The molecular formula is C17H26O2. The summed E-state index contributed by atoms with van der Waals surface area (Å²) >= 11 is 0. The molecule has 0 saturated heterocycles. The number of esters is 1. The standard InChI is InChI=1S/C17H26O2/c1-12(2)14(18)19-11-17-7-13-5-15(3,9-17)8-16(4,6-13)10-17/h13H,1,5-11H2,2-4H3. The van der Waals surface area contributed by atoms with Crippen molar-refractivity contribution < 1.29 is 9.53 Å². The molecule has 4 rings (SSSR count). The first-order valence-corrected chi connectivity index (χ1v) is 7.56. The Morgan fingerprint density at radius 3 is 2.21 bits per heavy atom. The highest BCUT2D eigenvalue weighted by Crippen LogP contribution is 2.69. The van der Waals surface area contributed by atoms with Crippen molar-refractivity contribution in [2.24, 2.45) is 22.2 Å². The molecule has 0 radical (unpaired) electrons. The summed E-state index contributed by atoms with van der Waals surface area (Å²) in [6, 6.07) is 0. The number of rotatable bonds is 3. The van der Waals surface area contributed by atoms with Crippen LogP contribution in [0.2, 0.25) is 0 Å². The zero-order valence-electron chi connectivity index (χ0n) is 12.6. The summed E-state index contributed by atoms with van der Waals surface area (Å²) < 4.78 is 5.54. The summed E-state index contributed by atoms with van der Waals surface area (Å²) in [4.78, 5) is 11.7. The summed E-state index contributed by atoms with van der Waals surface area (Å²) in [7, 11) is 0. The number of carbonyl (C=O) groups is 1. The third kappa shape index (κ3) is 2.23. The van der Waals surface area contributed by atoms with Crippen molar-refractivity contribution >= 4 is 5.97 Å². The normalized spacial score (nSPS) is 47.2. The molecular weight excluding hydrogens is 236 g/mol. The van der Waals surface area contributed by atoms with Gasteiger partial charge in [-0.25, -0.2) is 4.79 Å². The minimum atomic E-state index is -0.217. The van der Waals surface area contributed by atoms with E-state index in [2.05, 4.69) is 20.4 Å². The average molecular weight is 262 g/mol. The van der Waals surface area contributed by atoms with Crippen LogP contribution < -0.4 is 0 Å². The lowest BCUT2D eigenvalue weighted by Crippen LogP contribution is -2.56. The van der Waals surface area contributed by atoms with E-state index in [4.69, 9.17) is 4.74 Å². The Bertz CT molecular complexity index is 419. The number of carbonyl (C=O) groups excluding carboxylic acids is 1. The van der Waals surface area contributed by atoms with E-state index in [1.807, 2.05) is 0 Å². The van der Waals surface area contributed by atoms with Crippen molar-refractivity contribution in [3.05, 3.63) is 12.2 Å². The summed E-state index contributed by atoms with van der Waals surface area (Å²) in [5, 5.41) is 0. The first-order valence-electron chi connectivity index (χ1n) is 7.56. The average Bonchev–Trinajstić information content (AvgIpc) is 2.20. The van der Waals surface area contributed by atoms with E-state index in [1.165, 1.54) is 38.5 Å². The fraction of sp³-hybridized carbons (Fsp3) is 0.824. The van der Waals surface area contributed by atoms with Crippen molar-refractivity contribution in [2.75, 3.05) is 6.61 Å². The van der Waals surface area contributed by atoms with Crippen LogP contribution in [0.3, 0.4) is 0 Å². The Labute approximate surface area is 116 Å². The van der Waals surface area contributed by atoms with Crippen molar-refractivity contribution in [3.63, 3.8) is 0 Å². The molecule has 2 nitrogen and oxygen atoms in total. The van der Waals surface area contributed by atoms with Crippen LogP contribution >= 0.6 is 0 Å². The van der Waals surface area contributed by atoms with Gasteiger partial charge in [0, 0.05) is 11.0 Å². The maximum Gasteiger partial charge on any atom is 0.333 e. The third-order valence-electron chi connectivity index (χ3n) is 5.60. The molecule has 2 unspecified atom stereocenters. The van der Waals surface area contributed by atoms with E-state index in [1.54, 1.807) is 6.92 Å². The minimum absolute atomic E-state index is 0.217. The van der Waals surface area contributed by atoms with E-state index in [0.29, 0.717) is 23.0 Å². The first kappa shape index (κ1) is 13.2. The second kappa shape index (κ2) is 3.86. The van der Waals surface area contributed by atoms with E-state index in [-0.39, 0.29) is 11.4 Å². The van der Waals surface area contributed by atoms with Crippen LogP contribution in [0.5, 0.6) is 0 Å². The van der Waals surface area contributed by atoms with Gasteiger partial charge in [-0.3, -0.25) is 0 Å². The third-order valence-corrected chi connectivity index (χ3v) is 5.60. The summed E-state index contributed by atoms with van der Waals surface area (Å²) in [6.07, 6.45) is 7.90. The van der Waals surface area contributed by atoms with Crippen molar-refractivity contribution in [2.45, 2.75) is 59.3 Å². The minimum Gasteiger partial charge on any atom is -0.462 e. The van der Waals surface area contributed by atoms with Crippen LogP contribution in [-0.2, 0) is 9.53 Å². The van der Waals surface area contributed by atoms with Crippen molar-refractivity contribution in [1.29, 1.82) is 0 Å². The van der Waals surface area contributed by atoms with Gasteiger partial charge in [0.05, 0.1) is 6.61 Å². The fourth-order valence-electron chi connectivity index (χ4n) is 6.19. The summed E-state index contributed by atoms with van der Waals surface area (Å²) in [5.74, 6) is 0.640. The van der Waals surface area contributed by atoms with Crippen molar-refractivity contribution in [3.8, 4) is 0 Å². The van der Waals surface area contributed by atoms with E-state index in [0.717, 1.165) is 5.92 Å². The van der Waals surface area contributed by atoms with Gasteiger partial charge >= 0.3 is 5.97 Å². The topological polar surface area (TPSA) is 26.3 Å². The molecule has 2 heteroatoms. The van der Waals surface area contributed by atoms with E-state index < -0.39 is 0 Å². The molecule has 4 aliphatic rings. The van der Waals surface area contributed by atoms with Gasteiger partial charge in [-0.2, -0.15) is 0 Å². The molecule has 0 heterocycles. The predicted octanol–water partition coefficient (Wildman–Crippen LogP) is 4.10. The second-order valence-electron chi connectivity index (χ2n) is 8.49. The fourth-order valence-corrected chi connectivity index (χ4v) is 6.19. The molecule has 0 aromatic rings. The van der Waals surface area contributed by atoms with E-state index >= 15 is 0 Å². The second-order valence-corrected chi connectivity index (χ2v) is 8.49. The Morgan fingerprint density at radius 2 is 1.74 bits per heavy atom. The lowest BCUT2D eigenvalue weighted by atomic mass is 9.40. The Kier molecular flexibility index (Phi) is 2.69. The van der Waals surface area contributed by atoms with Gasteiger partial charge in [0.15, 0.2) is 0 Å². The summed E-state index contributed by atoms with van der Waals surface area (Å²) in [5.41, 5.74) is 1.75. The summed E-state index contributed by atoms with van der Waals surface area (Å²) in [6.45, 7) is 10.9. The molecule has 4 bridgehead atoms. The quantitative estimate of drug-likeness (QED) is 0.565. The van der Waals surface area contributed by atoms with Gasteiger partial charge < -0.3 is 4.74 Å². The van der Waals surface area contributed by atoms with E-state index in [9.17, 15) is 4.79 Å². The molecule has 2 atom stereocenters. The van der Waals surface area contributed by atoms with Gasteiger partial charge in [0.25, 0.3) is 0 Å². The number of hydrogen-bond donors (Lipinski definition) is 0. The Morgan fingerprint density at radius 1 is 1.16 bits per heavy atom. The first-order chi connectivity index (χ1) is 8.73. The molecule has 0 amide bonds. The molecule has 0 aromatic heterocycles. The Balaban J connectivity index is 1.77. The highest BCUT2D eigenvalue weighted by atomic mass is 16.5. The van der Waals surface area contributed by atoms with Gasteiger partial charge in [-0.15, -0.1) is 0 Å². The SMILES string of the molecule is C=C(C)C(=O)OCC12CC3CC(C)(CC(C)(C3)C1)C2. The van der Waals surface area contributed by atoms with Gasteiger partial charge in [0.2, 0.25) is 0 Å². The molecule has 4 saturated carbocycles. The lowest BCUT2D eigenvalue weighted by molar-refractivity contribution is -0.175. The molecule has 0 N–H and O–H groups in total. The number of ether oxygens (including phenoxy) is 1. The highest BCUT2D eigenvalue weighted by Gasteiger charge is 2.60. The van der Waals surface area contributed by atoms with Crippen LogP contribution in [0.25, 0.3) is 0 Å². The van der Waals surface area contributed by atoms with Gasteiger partial charge in [-0.05, 0) is 62.2 Å². The molecule has 106 valence electrons. The molecule has 0 aromatic carbocycles. The zero-order chi connectivity index (χ0) is 13.9. The van der Waals surface area contributed by atoms with Crippen LogP contribution in [-0.4, -0.2) is 12.6 Å². The van der Waals surface area contributed by atoms with Crippen molar-refractivity contribution in [1.82, 2.24) is 0 Å². The molecule has 0 aliphatic heterocycles.